The number of hydrogen-bond acceptors (Lipinski definition) is 2. The predicted octanol–water partition coefficient (Wildman–Crippen LogP) is 2.42. The zero-order chi connectivity index (χ0) is 9.30. The van der Waals surface area contributed by atoms with Crippen LogP contribution in [-0.4, -0.2) is 10.8 Å². The van der Waals surface area contributed by atoms with Crippen LogP contribution in [0.4, 0.5) is 5.69 Å². The molecule has 0 unspecified atom stereocenters. The molecule has 1 aromatic rings. The van der Waals surface area contributed by atoms with Gasteiger partial charge in [0, 0.05) is 10.5 Å². The molecule has 0 bridgehead atoms. The van der Waals surface area contributed by atoms with Gasteiger partial charge in [-0.2, -0.15) is 0 Å². The van der Waals surface area contributed by atoms with Gasteiger partial charge in [-0.1, -0.05) is 11.6 Å². The van der Waals surface area contributed by atoms with Gasteiger partial charge in [0.25, 0.3) is 0 Å². The first kappa shape index (κ1) is 10.2. The Morgan fingerprint density at radius 3 is 2.67 bits per heavy atom. The smallest absolute Gasteiger partial charge is 0.173 e. The highest BCUT2D eigenvalue weighted by Crippen LogP contribution is 2.30. The highest BCUT2D eigenvalue weighted by atomic mass is 79.9. The van der Waals surface area contributed by atoms with Crippen molar-refractivity contribution in [3.8, 4) is 0 Å². The van der Waals surface area contributed by atoms with Crippen LogP contribution in [0.2, 0.25) is 5.02 Å². The summed E-state index contributed by atoms with van der Waals surface area (Å²) in [4.78, 5) is 0.567. The minimum absolute atomic E-state index is 0.469. The third kappa shape index (κ3) is 2.07. The molecule has 0 spiro atoms. The summed E-state index contributed by atoms with van der Waals surface area (Å²) in [7, 11) is 0. The van der Waals surface area contributed by atoms with Crippen molar-refractivity contribution in [1.29, 1.82) is 0 Å². The molecule has 2 N–H and O–H groups in total. The van der Waals surface area contributed by atoms with Gasteiger partial charge >= 0.3 is 0 Å². The summed E-state index contributed by atoms with van der Waals surface area (Å²) in [6.45, 7) is 0. The number of rotatable bonds is 1. The van der Waals surface area contributed by atoms with Crippen LogP contribution in [0.5, 0.6) is 0 Å². The maximum atomic E-state index is 11.1. The minimum Gasteiger partial charge on any atom is -0.612 e. The van der Waals surface area contributed by atoms with Crippen LogP contribution in [0, 0.1) is 0 Å². The summed E-state index contributed by atoms with van der Waals surface area (Å²) < 4.78 is 11.8. The Morgan fingerprint density at radius 1 is 1.58 bits per heavy atom. The molecule has 66 valence electrons. The molecule has 0 radical (unpaired) electrons. The van der Waals surface area contributed by atoms with Crippen LogP contribution in [0.15, 0.2) is 21.5 Å². The van der Waals surface area contributed by atoms with E-state index in [9.17, 15) is 4.55 Å². The fraction of sp³-hybridized carbons (Fsp3) is 0.143. The lowest BCUT2D eigenvalue weighted by Crippen LogP contribution is -2.00. The number of nitrogen functional groups attached to an aromatic ring is 1. The van der Waals surface area contributed by atoms with Gasteiger partial charge in [-0.15, -0.1) is 0 Å². The molecule has 0 aliphatic heterocycles. The van der Waals surface area contributed by atoms with E-state index >= 15 is 0 Å². The maximum Gasteiger partial charge on any atom is 0.173 e. The summed E-state index contributed by atoms with van der Waals surface area (Å²) >= 11 is 7.95. The third-order valence-electron chi connectivity index (χ3n) is 1.36. The van der Waals surface area contributed by atoms with Crippen LogP contribution < -0.4 is 5.73 Å². The molecular formula is C7H7BrClNOS. The molecule has 0 amide bonds. The number of halogens is 2. The van der Waals surface area contributed by atoms with E-state index in [0.717, 1.165) is 4.47 Å². The molecular weight excluding hydrogens is 262 g/mol. The lowest BCUT2D eigenvalue weighted by Gasteiger charge is -2.07. The first-order chi connectivity index (χ1) is 5.52. The van der Waals surface area contributed by atoms with Gasteiger partial charge in [-0.05, 0) is 33.2 Å². The van der Waals surface area contributed by atoms with Crippen molar-refractivity contribution < 1.29 is 4.55 Å². The SMILES string of the molecule is C[S@@+]([O-])c1cc(N)c(Br)cc1Cl. The standard InChI is InChI=1S/C7H7BrClNOS/c1-12(11)7-3-6(10)4(8)2-5(7)9/h2-3H,10H2,1H3/t12-/m1/s1. The molecule has 1 rings (SSSR count). The van der Waals surface area contributed by atoms with Crippen molar-refractivity contribution in [3.63, 3.8) is 0 Å². The van der Waals surface area contributed by atoms with Crippen molar-refractivity contribution in [2.75, 3.05) is 12.0 Å². The van der Waals surface area contributed by atoms with E-state index in [0.29, 0.717) is 15.6 Å². The highest BCUT2D eigenvalue weighted by molar-refractivity contribution is 9.10. The molecule has 0 aliphatic rings. The number of nitrogens with two attached hydrogens (primary N) is 1. The van der Waals surface area contributed by atoms with E-state index in [4.69, 9.17) is 17.3 Å². The first-order valence-corrected chi connectivity index (χ1v) is 5.83. The number of hydrogen-bond donors (Lipinski definition) is 1. The van der Waals surface area contributed by atoms with Gasteiger partial charge in [-0.3, -0.25) is 0 Å². The van der Waals surface area contributed by atoms with Crippen molar-refractivity contribution in [3.05, 3.63) is 21.6 Å². The summed E-state index contributed by atoms with van der Waals surface area (Å²) in [5, 5.41) is 0.469. The Balaban J connectivity index is 3.23. The topological polar surface area (TPSA) is 49.1 Å². The van der Waals surface area contributed by atoms with Crippen molar-refractivity contribution in [2.45, 2.75) is 4.90 Å². The number of benzene rings is 1. The van der Waals surface area contributed by atoms with E-state index < -0.39 is 11.2 Å². The van der Waals surface area contributed by atoms with Gasteiger partial charge in [0.1, 0.15) is 6.26 Å². The molecule has 12 heavy (non-hydrogen) atoms. The lowest BCUT2D eigenvalue weighted by atomic mass is 10.3. The molecule has 5 heteroatoms. The van der Waals surface area contributed by atoms with Gasteiger partial charge in [0.05, 0.1) is 10.7 Å². The molecule has 0 aromatic heterocycles. The Bertz CT molecular complexity index is 306. The fourth-order valence-electron chi connectivity index (χ4n) is 0.765. The second-order valence-electron chi connectivity index (χ2n) is 2.26. The zero-order valence-electron chi connectivity index (χ0n) is 6.30. The van der Waals surface area contributed by atoms with E-state index in [1.165, 1.54) is 0 Å². The lowest BCUT2D eigenvalue weighted by molar-refractivity contribution is 0.601. The van der Waals surface area contributed by atoms with Crippen molar-refractivity contribution >= 4 is 44.4 Å². The second-order valence-corrected chi connectivity index (χ2v) is 4.87. The largest absolute Gasteiger partial charge is 0.612 e. The van der Waals surface area contributed by atoms with Crippen LogP contribution in [0.1, 0.15) is 0 Å². The molecule has 0 saturated carbocycles. The van der Waals surface area contributed by atoms with Crippen molar-refractivity contribution in [2.24, 2.45) is 0 Å². The summed E-state index contributed by atoms with van der Waals surface area (Å²) in [5.41, 5.74) is 6.13. The van der Waals surface area contributed by atoms with Crippen molar-refractivity contribution in [1.82, 2.24) is 0 Å². The molecule has 0 fully saturated rings. The van der Waals surface area contributed by atoms with Crippen LogP contribution in [0.25, 0.3) is 0 Å². The van der Waals surface area contributed by atoms with Gasteiger partial charge in [0.2, 0.25) is 0 Å². The van der Waals surface area contributed by atoms with Gasteiger partial charge in [0.15, 0.2) is 4.90 Å². The molecule has 0 aliphatic carbocycles. The molecule has 0 saturated heterocycles. The maximum absolute atomic E-state index is 11.1. The Kier molecular flexibility index (Phi) is 3.29. The quantitative estimate of drug-likeness (QED) is 0.628. The fourth-order valence-corrected chi connectivity index (χ4v) is 2.36. The zero-order valence-corrected chi connectivity index (χ0v) is 9.46. The highest BCUT2D eigenvalue weighted by Gasteiger charge is 2.12. The summed E-state index contributed by atoms with van der Waals surface area (Å²) in [5.74, 6) is 0. The Labute approximate surface area is 87.4 Å². The second kappa shape index (κ2) is 3.87. The van der Waals surface area contributed by atoms with Crippen LogP contribution in [0.3, 0.4) is 0 Å². The van der Waals surface area contributed by atoms with E-state index in [2.05, 4.69) is 15.9 Å². The molecule has 0 heterocycles. The molecule has 1 aromatic carbocycles. The normalized spacial score (nSPS) is 13.0. The average molecular weight is 269 g/mol. The Hall–Kier alpha value is 0.1000. The van der Waals surface area contributed by atoms with Gasteiger partial charge in [-0.25, -0.2) is 0 Å². The predicted molar refractivity (Wildman–Crippen MR) is 55.9 cm³/mol. The van der Waals surface area contributed by atoms with Gasteiger partial charge < -0.3 is 10.3 Å². The molecule has 2 nitrogen and oxygen atoms in total. The van der Waals surface area contributed by atoms with E-state index in [-0.39, 0.29) is 0 Å². The summed E-state index contributed by atoms with van der Waals surface area (Å²) in [6, 6.07) is 3.26. The average Bonchev–Trinajstić information content (AvgIpc) is 1.96. The monoisotopic (exact) mass is 267 g/mol. The van der Waals surface area contributed by atoms with Crippen LogP contribution >= 0.6 is 27.5 Å². The summed E-state index contributed by atoms with van der Waals surface area (Å²) in [6.07, 6.45) is 1.56. The third-order valence-corrected chi connectivity index (χ3v) is 3.43. The molecule has 1 atom stereocenters. The number of anilines is 1. The first-order valence-electron chi connectivity index (χ1n) is 3.10. The van der Waals surface area contributed by atoms with Crippen LogP contribution in [-0.2, 0) is 11.2 Å². The Morgan fingerprint density at radius 2 is 2.17 bits per heavy atom. The van der Waals surface area contributed by atoms with E-state index in [1.807, 2.05) is 0 Å². The minimum atomic E-state index is -1.09. The van der Waals surface area contributed by atoms with E-state index in [1.54, 1.807) is 18.4 Å².